The maximum atomic E-state index is 12.9. The summed E-state index contributed by atoms with van der Waals surface area (Å²) < 4.78 is 5.15. The van der Waals surface area contributed by atoms with E-state index in [1.54, 1.807) is 24.3 Å². The third kappa shape index (κ3) is 2.61. The molecule has 26 heavy (non-hydrogen) atoms. The van der Waals surface area contributed by atoms with Gasteiger partial charge in [-0.25, -0.2) is 4.90 Å². The van der Waals surface area contributed by atoms with Crippen molar-refractivity contribution in [3.63, 3.8) is 0 Å². The van der Waals surface area contributed by atoms with Crippen LogP contribution < -0.4 is 9.64 Å². The highest BCUT2D eigenvalue weighted by atomic mass is 16.5. The molecule has 132 valence electrons. The molecule has 4 rings (SSSR count). The van der Waals surface area contributed by atoms with Gasteiger partial charge >= 0.3 is 0 Å². The van der Waals surface area contributed by atoms with Gasteiger partial charge in [0.15, 0.2) is 12.1 Å². The first-order valence-electron chi connectivity index (χ1n) is 8.33. The number of methoxy groups -OCH3 is 1. The molecule has 1 fully saturated rings. The molecule has 2 atom stereocenters. The zero-order valence-corrected chi connectivity index (χ0v) is 14.5. The number of aryl methyl sites for hydroxylation is 1. The van der Waals surface area contributed by atoms with Crippen LogP contribution in [0.3, 0.4) is 0 Å². The second kappa shape index (κ2) is 6.25. The summed E-state index contributed by atoms with van der Waals surface area (Å²) in [4.78, 5) is 26.8. The number of rotatable bonds is 4. The van der Waals surface area contributed by atoms with Crippen LogP contribution in [-0.2, 0) is 16.1 Å². The maximum absolute atomic E-state index is 12.9. The van der Waals surface area contributed by atoms with Gasteiger partial charge < -0.3 is 4.74 Å². The fourth-order valence-electron chi connectivity index (χ4n) is 3.22. The lowest BCUT2D eigenvalue weighted by molar-refractivity contribution is -0.123. The van der Waals surface area contributed by atoms with Crippen molar-refractivity contribution >= 4 is 17.5 Å². The van der Waals surface area contributed by atoms with Crippen molar-refractivity contribution in [1.82, 2.24) is 5.01 Å². The Balaban J connectivity index is 1.56. The lowest BCUT2D eigenvalue weighted by Gasteiger charge is -2.20. The predicted octanol–water partition coefficient (Wildman–Crippen LogP) is 2.50. The normalized spacial score (nSPS) is 21.5. The molecule has 2 aliphatic heterocycles. The van der Waals surface area contributed by atoms with E-state index in [9.17, 15) is 9.59 Å². The van der Waals surface area contributed by atoms with Gasteiger partial charge in [0.05, 0.1) is 19.3 Å². The Morgan fingerprint density at radius 3 is 2.35 bits per heavy atom. The quantitative estimate of drug-likeness (QED) is 0.794. The van der Waals surface area contributed by atoms with E-state index in [0.29, 0.717) is 12.2 Å². The fraction of sp³-hybridized carbons (Fsp3) is 0.263. The van der Waals surface area contributed by atoms with E-state index < -0.39 is 12.1 Å². The summed E-state index contributed by atoms with van der Waals surface area (Å²) in [6.07, 6.45) is 0. The molecule has 7 heteroatoms. The minimum Gasteiger partial charge on any atom is -0.497 e. The Labute approximate surface area is 150 Å². The summed E-state index contributed by atoms with van der Waals surface area (Å²) in [5, 5.41) is 9.69. The Bertz CT molecular complexity index is 877. The van der Waals surface area contributed by atoms with E-state index in [0.717, 1.165) is 16.9 Å². The smallest absolute Gasteiger partial charge is 0.263 e. The maximum Gasteiger partial charge on any atom is 0.263 e. The number of fused-ring (bicyclic) bond motifs is 1. The Morgan fingerprint density at radius 2 is 1.69 bits per heavy atom. The highest BCUT2D eigenvalue weighted by molar-refractivity contribution is 6.25. The van der Waals surface area contributed by atoms with Crippen molar-refractivity contribution in [2.75, 3.05) is 12.0 Å². The number of imide groups is 1. The summed E-state index contributed by atoms with van der Waals surface area (Å²) >= 11 is 0. The van der Waals surface area contributed by atoms with Crippen LogP contribution in [0.15, 0.2) is 58.9 Å². The van der Waals surface area contributed by atoms with E-state index in [1.807, 2.05) is 43.3 Å². The van der Waals surface area contributed by atoms with Crippen molar-refractivity contribution in [2.24, 2.45) is 10.3 Å². The van der Waals surface area contributed by atoms with Crippen LogP contribution in [0.25, 0.3) is 0 Å². The first-order chi connectivity index (χ1) is 12.6. The van der Waals surface area contributed by atoms with E-state index in [4.69, 9.17) is 4.74 Å². The third-order valence-corrected chi connectivity index (χ3v) is 4.65. The summed E-state index contributed by atoms with van der Waals surface area (Å²) in [5.41, 5.74) is 2.59. The molecule has 2 aliphatic rings. The molecule has 1 saturated heterocycles. The highest BCUT2D eigenvalue weighted by Crippen LogP contribution is 2.32. The number of carbonyl (C=O) groups excluding carboxylic acids is 2. The van der Waals surface area contributed by atoms with Gasteiger partial charge in [0.25, 0.3) is 11.8 Å². The van der Waals surface area contributed by atoms with Gasteiger partial charge in [-0.05, 0) is 36.8 Å². The Morgan fingerprint density at radius 1 is 1.00 bits per heavy atom. The van der Waals surface area contributed by atoms with Crippen LogP contribution >= 0.6 is 0 Å². The van der Waals surface area contributed by atoms with Crippen LogP contribution in [0.2, 0.25) is 0 Å². The van der Waals surface area contributed by atoms with Gasteiger partial charge in [-0.3, -0.25) is 14.6 Å². The van der Waals surface area contributed by atoms with Crippen LogP contribution in [0.5, 0.6) is 5.75 Å². The van der Waals surface area contributed by atoms with Gasteiger partial charge in [-0.1, -0.05) is 35.1 Å². The zero-order valence-electron chi connectivity index (χ0n) is 14.5. The molecule has 2 amide bonds. The van der Waals surface area contributed by atoms with Crippen molar-refractivity contribution < 1.29 is 14.3 Å². The number of hydrogen-bond acceptors (Lipinski definition) is 6. The summed E-state index contributed by atoms with van der Waals surface area (Å²) in [6.45, 7) is 2.35. The number of anilines is 1. The highest BCUT2D eigenvalue weighted by Gasteiger charge is 2.54. The number of nitrogens with zero attached hydrogens (tertiary/aromatic N) is 4. The second-order valence-corrected chi connectivity index (χ2v) is 6.39. The molecule has 0 bridgehead atoms. The van der Waals surface area contributed by atoms with Gasteiger partial charge in [-0.2, -0.15) is 5.11 Å². The third-order valence-electron chi connectivity index (χ3n) is 4.65. The largest absolute Gasteiger partial charge is 0.497 e. The number of benzene rings is 2. The zero-order chi connectivity index (χ0) is 18.3. The van der Waals surface area contributed by atoms with E-state index >= 15 is 0 Å². The molecular weight excluding hydrogens is 332 g/mol. The van der Waals surface area contributed by atoms with E-state index in [1.165, 1.54) is 4.90 Å². The van der Waals surface area contributed by atoms with Gasteiger partial charge in [-0.15, -0.1) is 0 Å². The van der Waals surface area contributed by atoms with Crippen LogP contribution in [-0.4, -0.2) is 36.0 Å². The fourth-order valence-corrected chi connectivity index (χ4v) is 3.22. The number of amides is 2. The predicted molar refractivity (Wildman–Crippen MR) is 94.6 cm³/mol. The minimum absolute atomic E-state index is 0.289. The van der Waals surface area contributed by atoms with Crippen LogP contribution in [0.4, 0.5) is 5.69 Å². The topological polar surface area (TPSA) is 74.6 Å². The molecule has 0 radical (unpaired) electrons. The van der Waals surface area contributed by atoms with Crippen molar-refractivity contribution in [2.45, 2.75) is 25.6 Å². The van der Waals surface area contributed by atoms with Crippen molar-refractivity contribution in [1.29, 1.82) is 0 Å². The van der Waals surface area contributed by atoms with Crippen LogP contribution in [0.1, 0.15) is 11.1 Å². The van der Waals surface area contributed by atoms with Gasteiger partial charge in [0.1, 0.15) is 5.75 Å². The average Bonchev–Trinajstić information content (AvgIpc) is 3.17. The summed E-state index contributed by atoms with van der Waals surface area (Å²) in [5.74, 6) is 0.138. The standard InChI is InChI=1S/C19H18N4O3/c1-12-3-7-14(8-4-12)23-18(24)16-17(19(23)25)22(21-20-16)11-13-5-9-15(26-2)10-6-13/h3-10,16-17H,11H2,1-2H3/t16-,17-/m0/s1. The summed E-state index contributed by atoms with van der Waals surface area (Å²) in [7, 11) is 1.61. The summed E-state index contributed by atoms with van der Waals surface area (Å²) in [6, 6.07) is 13.3. The monoisotopic (exact) mass is 350 g/mol. The molecule has 0 unspecified atom stereocenters. The molecule has 2 aromatic rings. The van der Waals surface area contributed by atoms with E-state index in [-0.39, 0.29) is 11.8 Å². The van der Waals surface area contributed by atoms with Crippen molar-refractivity contribution in [3.8, 4) is 5.75 Å². The van der Waals surface area contributed by atoms with E-state index in [2.05, 4.69) is 10.3 Å². The van der Waals surface area contributed by atoms with Gasteiger partial charge in [0, 0.05) is 0 Å². The Hall–Kier alpha value is -3.22. The van der Waals surface area contributed by atoms with Crippen molar-refractivity contribution in [3.05, 3.63) is 59.7 Å². The lowest BCUT2D eigenvalue weighted by Crippen LogP contribution is -2.39. The molecule has 2 aromatic carbocycles. The number of ether oxygens (including phenoxy) is 1. The molecule has 7 nitrogen and oxygen atoms in total. The molecule has 0 aliphatic carbocycles. The lowest BCUT2D eigenvalue weighted by atomic mass is 10.1. The molecule has 0 saturated carbocycles. The first-order valence-corrected chi connectivity index (χ1v) is 8.33. The molecule has 0 N–H and O–H groups in total. The number of hydrogen-bond donors (Lipinski definition) is 0. The van der Waals surface area contributed by atoms with Gasteiger partial charge in [0.2, 0.25) is 0 Å². The number of carbonyl (C=O) groups is 2. The Kier molecular flexibility index (Phi) is 3.91. The minimum atomic E-state index is -0.776. The molecule has 2 heterocycles. The molecular formula is C19H18N4O3. The second-order valence-electron chi connectivity index (χ2n) is 6.39. The first kappa shape index (κ1) is 16.3. The average molecular weight is 350 g/mol. The SMILES string of the molecule is COc1ccc(CN2N=N[C@@H]3C(=O)N(c4ccc(C)cc4)C(=O)[C@H]32)cc1. The molecule has 0 spiro atoms. The molecule has 0 aromatic heterocycles. The van der Waals surface area contributed by atoms with Crippen LogP contribution in [0, 0.1) is 6.92 Å².